The Labute approximate surface area is 165 Å². The second-order valence-electron chi connectivity index (χ2n) is 6.62. The molecule has 0 aliphatic carbocycles. The van der Waals surface area contributed by atoms with Crippen molar-refractivity contribution < 1.29 is 19.2 Å². The molecule has 0 saturated heterocycles. The molecule has 0 unspecified atom stereocenters. The van der Waals surface area contributed by atoms with Crippen molar-refractivity contribution in [2.75, 3.05) is 17.0 Å². The molecule has 0 saturated carbocycles. The zero-order valence-corrected chi connectivity index (χ0v) is 15.1. The molecule has 0 bridgehead atoms. The largest absolute Gasteiger partial charge is 0.454 e. The highest BCUT2D eigenvalue weighted by Crippen LogP contribution is 2.42. The first-order valence-electron chi connectivity index (χ1n) is 8.95. The number of rotatable bonds is 3. The van der Waals surface area contributed by atoms with Gasteiger partial charge in [-0.2, -0.15) is 0 Å². The van der Waals surface area contributed by atoms with Crippen LogP contribution in [0.1, 0.15) is 22.1 Å². The number of nitrogens with zero attached hydrogens (tertiary/aromatic N) is 2. The maximum atomic E-state index is 13.4. The number of carbonyl (C=O) groups excluding carboxylic acids is 1. The second-order valence-corrected chi connectivity index (χ2v) is 6.62. The molecular formula is C21H15N3O5. The van der Waals surface area contributed by atoms with Crippen LogP contribution >= 0.6 is 0 Å². The molecule has 144 valence electrons. The lowest BCUT2D eigenvalue weighted by molar-refractivity contribution is -0.385. The fourth-order valence-electron chi connectivity index (χ4n) is 3.66. The molecule has 3 aromatic rings. The number of amides is 1. The highest BCUT2D eigenvalue weighted by atomic mass is 16.7. The molecule has 2 aliphatic heterocycles. The van der Waals surface area contributed by atoms with Crippen LogP contribution in [0, 0.1) is 10.1 Å². The van der Waals surface area contributed by atoms with E-state index in [0.717, 1.165) is 0 Å². The third-order valence-electron chi connectivity index (χ3n) is 4.99. The number of fused-ring (bicyclic) bond motifs is 2. The predicted octanol–water partition coefficient (Wildman–Crippen LogP) is 4.09. The van der Waals surface area contributed by atoms with Gasteiger partial charge in [-0.15, -0.1) is 0 Å². The topological polar surface area (TPSA) is 93.9 Å². The molecule has 1 atom stereocenters. The third kappa shape index (κ3) is 2.73. The van der Waals surface area contributed by atoms with E-state index in [1.807, 2.05) is 6.07 Å². The van der Waals surface area contributed by atoms with Crippen molar-refractivity contribution in [1.82, 2.24) is 0 Å². The number of ether oxygens (including phenoxy) is 2. The number of benzene rings is 3. The number of nitrogens with one attached hydrogen (secondary N) is 1. The Morgan fingerprint density at radius 3 is 2.62 bits per heavy atom. The predicted molar refractivity (Wildman–Crippen MR) is 105 cm³/mol. The first-order chi connectivity index (χ1) is 14.1. The van der Waals surface area contributed by atoms with E-state index in [9.17, 15) is 14.9 Å². The van der Waals surface area contributed by atoms with E-state index in [1.54, 1.807) is 54.6 Å². The summed E-state index contributed by atoms with van der Waals surface area (Å²) < 4.78 is 10.8. The van der Waals surface area contributed by atoms with E-state index < -0.39 is 11.1 Å². The van der Waals surface area contributed by atoms with E-state index in [1.165, 1.54) is 11.0 Å². The third-order valence-corrected chi connectivity index (χ3v) is 4.99. The lowest BCUT2D eigenvalue weighted by Crippen LogP contribution is -2.43. The minimum absolute atomic E-state index is 0.0667. The van der Waals surface area contributed by atoms with Crippen LogP contribution in [0.3, 0.4) is 0 Å². The summed E-state index contributed by atoms with van der Waals surface area (Å²) in [5, 5.41) is 14.9. The highest BCUT2D eigenvalue weighted by molar-refractivity contribution is 6.12. The van der Waals surface area contributed by atoms with Crippen molar-refractivity contribution in [3.8, 4) is 11.5 Å². The average Bonchev–Trinajstić information content (AvgIpc) is 3.21. The standard InChI is InChI=1S/C21H15N3O5/c25-21-14-5-1-3-7-16(14)22-20(15-6-2-4-8-17(15)24(26)27)23(21)13-9-10-18-19(11-13)29-12-28-18/h1-11,20,22H,12H2/t20-/m0/s1. The van der Waals surface area contributed by atoms with Crippen LogP contribution in [0.5, 0.6) is 11.5 Å². The molecule has 29 heavy (non-hydrogen) atoms. The Balaban J connectivity index is 1.69. The number of para-hydroxylation sites is 2. The van der Waals surface area contributed by atoms with Crippen LogP contribution in [0.4, 0.5) is 17.1 Å². The molecule has 5 rings (SSSR count). The van der Waals surface area contributed by atoms with E-state index in [4.69, 9.17) is 9.47 Å². The van der Waals surface area contributed by atoms with Gasteiger partial charge >= 0.3 is 0 Å². The summed E-state index contributed by atoms with van der Waals surface area (Å²) in [7, 11) is 0. The van der Waals surface area contributed by atoms with Crippen molar-refractivity contribution in [1.29, 1.82) is 0 Å². The Kier molecular flexibility index (Phi) is 3.83. The smallest absolute Gasteiger partial charge is 0.276 e. The molecule has 0 spiro atoms. The van der Waals surface area contributed by atoms with Crippen LogP contribution < -0.4 is 19.7 Å². The Morgan fingerprint density at radius 1 is 1.00 bits per heavy atom. The fraction of sp³-hybridized carbons (Fsp3) is 0.0952. The molecule has 1 N–H and O–H groups in total. The highest BCUT2D eigenvalue weighted by Gasteiger charge is 2.37. The molecule has 0 radical (unpaired) electrons. The zero-order chi connectivity index (χ0) is 20.0. The molecule has 0 fully saturated rings. The lowest BCUT2D eigenvalue weighted by atomic mass is 10.0. The quantitative estimate of drug-likeness (QED) is 0.536. The Bertz CT molecular complexity index is 1150. The Morgan fingerprint density at radius 2 is 1.76 bits per heavy atom. The number of anilines is 2. The summed E-state index contributed by atoms with van der Waals surface area (Å²) >= 11 is 0. The van der Waals surface area contributed by atoms with Gasteiger partial charge in [0.05, 0.1) is 21.7 Å². The van der Waals surface area contributed by atoms with Gasteiger partial charge in [0.2, 0.25) is 6.79 Å². The molecule has 8 nitrogen and oxygen atoms in total. The van der Waals surface area contributed by atoms with Gasteiger partial charge in [0.25, 0.3) is 11.6 Å². The number of nitro groups is 1. The van der Waals surface area contributed by atoms with Gasteiger partial charge in [-0.05, 0) is 30.3 Å². The van der Waals surface area contributed by atoms with Gasteiger partial charge in [0.1, 0.15) is 6.17 Å². The van der Waals surface area contributed by atoms with Crippen molar-refractivity contribution in [2.45, 2.75) is 6.17 Å². The Hall–Kier alpha value is -4.07. The monoisotopic (exact) mass is 389 g/mol. The molecule has 3 aromatic carbocycles. The SMILES string of the molecule is O=C1c2ccccc2N[C@H](c2ccccc2[N+](=O)[O-])N1c1ccc2c(c1)OCO2. The zero-order valence-electron chi connectivity index (χ0n) is 15.1. The number of nitro benzene ring substituents is 1. The summed E-state index contributed by atoms with van der Waals surface area (Å²) in [6, 6.07) is 18.7. The van der Waals surface area contributed by atoms with E-state index >= 15 is 0 Å². The summed E-state index contributed by atoms with van der Waals surface area (Å²) in [5.41, 5.74) is 1.97. The average molecular weight is 389 g/mol. The van der Waals surface area contributed by atoms with Crippen LogP contribution in [0.2, 0.25) is 0 Å². The summed E-state index contributed by atoms with van der Waals surface area (Å²) in [6.07, 6.45) is -0.764. The maximum absolute atomic E-state index is 13.4. The number of hydrogen-bond donors (Lipinski definition) is 1. The van der Waals surface area contributed by atoms with Crippen LogP contribution in [0.15, 0.2) is 66.7 Å². The van der Waals surface area contributed by atoms with Crippen molar-refractivity contribution in [3.05, 3.63) is 88.0 Å². The van der Waals surface area contributed by atoms with Gasteiger partial charge in [-0.1, -0.05) is 24.3 Å². The van der Waals surface area contributed by atoms with Crippen molar-refractivity contribution in [2.24, 2.45) is 0 Å². The first kappa shape index (κ1) is 17.1. The number of carbonyl (C=O) groups is 1. The first-order valence-corrected chi connectivity index (χ1v) is 8.95. The van der Waals surface area contributed by atoms with Crippen LogP contribution in [-0.2, 0) is 0 Å². The summed E-state index contributed by atoms with van der Waals surface area (Å²) in [4.78, 5) is 26.1. The van der Waals surface area contributed by atoms with E-state index in [-0.39, 0.29) is 18.4 Å². The minimum atomic E-state index is -0.764. The van der Waals surface area contributed by atoms with Gasteiger partial charge < -0.3 is 14.8 Å². The van der Waals surface area contributed by atoms with Crippen molar-refractivity contribution >= 4 is 23.0 Å². The van der Waals surface area contributed by atoms with E-state index in [2.05, 4.69) is 5.32 Å². The summed E-state index contributed by atoms with van der Waals surface area (Å²) in [5.74, 6) is 0.852. The van der Waals surface area contributed by atoms with Crippen molar-refractivity contribution in [3.63, 3.8) is 0 Å². The normalized spacial score (nSPS) is 16.9. The van der Waals surface area contributed by atoms with Gasteiger partial charge in [0, 0.05) is 17.8 Å². The fourth-order valence-corrected chi connectivity index (χ4v) is 3.66. The molecule has 1 amide bonds. The lowest BCUT2D eigenvalue weighted by Gasteiger charge is -2.37. The molecule has 2 heterocycles. The molecular weight excluding hydrogens is 374 g/mol. The van der Waals surface area contributed by atoms with Crippen LogP contribution in [-0.4, -0.2) is 17.6 Å². The van der Waals surface area contributed by atoms with E-state index in [0.29, 0.717) is 34.0 Å². The molecule has 0 aromatic heterocycles. The van der Waals surface area contributed by atoms with Gasteiger partial charge in [-0.25, -0.2) is 0 Å². The minimum Gasteiger partial charge on any atom is -0.454 e. The number of hydrogen-bond acceptors (Lipinski definition) is 6. The molecule has 2 aliphatic rings. The maximum Gasteiger partial charge on any atom is 0.276 e. The van der Waals surface area contributed by atoms with Gasteiger partial charge in [0.15, 0.2) is 11.5 Å². The van der Waals surface area contributed by atoms with Gasteiger partial charge in [-0.3, -0.25) is 19.8 Å². The molecule has 8 heteroatoms. The summed E-state index contributed by atoms with van der Waals surface area (Å²) in [6.45, 7) is 0.113. The van der Waals surface area contributed by atoms with Crippen LogP contribution in [0.25, 0.3) is 0 Å². The second kappa shape index (κ2) is 6.52.